The summed E-state index contributed by atoms with van der Waals surface area (Å²) in [6, 6.07) is 16.1. The smallest absolute Gasteiger partial charge is 0.224 e. The Morgan fingerprint density at radius 2 is 1.96 bits per heavy atom. The third-order valence-electron chi connectivity index (χ3n) is 3.61. The van der Waals surface area contributed by atoms with Crippen molar-refractivity contribution in [3.8, 4) is 0 Å². The highest BCUT2D eigenvalue weighted by Gasteiger charge is 2.05. The van der Waals surface area contributed by atoms with E-state index < -0.39 is 0 Å². The Morgan fingerprint density at radius 1 is 1.12 bits per heavy atom. The molecule has 2 aromatic carbocycles. The van der Waals surface area contributed by atoms with Crippen LogP contribution in [-0.4, -0.2) is 36.3 Å². The molecule has 0 saturated carbocycles. The molecule has 0 radical (unpaired) electrons. The average Bonchev–Trinajstić information content (AvgIpc) is 2.61. The summed E-state index contributed by atoms with van der Waals surface area (Å²) in [4.78, 5) is 8.69. The molecule has 3 rings (SSSR count). The van der Waals surface area contributed by atoms with Crippen LogP contribution in [0, 0.1) is 0 Å². The minimum Gasteiger partial charge on any atom is -0.383 e. The Balaban J connectivity index is 1.74. The molecule has 1 aromatic heterocycles. The Bertz CT molecular complexity index is 803. The molecule has 4 N–H and O–H groups in total. The van der Waals surface area contributed by atoms with Gasteiger partial charge in [0.15, 0.2) is 0 Å². The zero-order valence-electron chi connectivity index (χ0n) is 13.6. The molecular weight excluding hydrogens is 302 g/mol. The van der Waals surface area contributed by atoms with Gasteiger partial charge in [0, 0.05) is 37.0 Å². The zero-order valence-corrected chi connectivity index (χ0v) is 13.6. The first-order chi connectivity index (χ1) is 11.8. The van der Waals surface area contributed by atoms with Gasteiger partial charge in [0.2, 0.25) is 5.95 Å². The van der Waals surface area contributed by atoms with Gasteiger partial charge in [0.25, 0.3) is 0 Å². The van der Waals surface area contributed by atoms with E-state index in [1.165, 1.54) is 5.39 Å². The summed E-state index contributed by atoms with van der Waals surface area (Å²) in [5.74, 6) is 1.26. The summed E-state index contributed by atoms with van der Waals surface area (Å²) in [6.07, 6.45) is 1.71. The van der Waals surface area contributed by atoms with Gasteiger partial charge in [-0.05, 0) is 17.5 Å². The maximum absolute atomic E-state index is 5.90. The summed E-state index contributed by atoms with van der Waals surface area (Å²) >= 11 is 0. The summed E-state index contributed by atoms with van der Waals surface area (Å²) in [6.45, 7) is 1.03. The van der Waals surface area contributed by atoms with Crippen LogP contribution in [0.25, 0.3) is 10.8 Å². The molecule has 6 nitrogen and oxygen atoms in total. The van der Waals surface area contributed by atoms with E-state index >= 15 is 0 Å². The van der Waals surface area contributed by atoms with E-state index in [1.54, 1.807) is 13.3 Å². The standard InChI is InChI=1S/C18H21N5O/c1-24-12-14(19)11-21-18-20-10-9-17(23-18)22-16-8-4-6-13-5-2-3-7-15(13)16/h2-10,14H,11-12,19H2,1H3,(H2,20,21,22,23)/t14-/m1/s1. The van der Waals surface area contributed by atoms with Crippen molar-refractivity contribution in [2.24, 2.45) is 5.73 Å². The highest BCUT2D eigenvalue weighted by molar-refractivity contribution is 5.95. The molecule has 0 aliphatic carbocycles. The fourth-order valence-corrected chi connectivity index (χ4v) is 2.48. The summed E-state index contributed by atoms with van der Waals surface area (Å²) in [5.41, 5.74) is 6.91. The van der Waals surface area contributed by atoms with Crippen LogP contribution >= 0.6 is 0 Å². The number of nitrogens with two attached hydrogens (primary N) is 1. The summed E-state index contributed by atoms with van der Waals surface area (Å²) in [5, 5.41) is 8.81. The van der Waals surface area contributed by atoms with Gasteiger partial charge in [0.1, 0.15) is 5.82 Å². The fourth-order valence-electron chi connectivity index (χ4n) is 2.48. The average molecular weight is 323 g/mol. The minimum absolute atomic E-state index is 0.103. The van der Waals surface area contributed by atoms with E-state index in [2.05, 4.69) is 38.8 Å². The fraction of sp³-hybridized carbons (Fsp3) is 0.222. The highest BCUT2D eigenvalue weighted by atomic mass is 16.5. The molecule has 0 amide bonds. The number of ether oxygens (including phenoxy) is 1. The van der Waals surface area contributed by atoms with Crippen molar-refractivity contribution in [2.75, 3.05) is 30.9 Å². The predicted octanol–water partition coefficient (Wildman–Crippen LogP) is 2.76. The van der Waals surface area contributed by atoms with Gasteiger partial charge >= 0.3 is 0 Å². The normalized spacial score (nSPS) is 12.1. The first-order valence-electron chi connectivity index (χ1n) is 7.82. The number of fused-ring (bicyclic) bond motifs is 1. The molecular formula is C18H21N5O. The van der Waals surface area contributed by atoms with Crippen molar-refractivity contribution in [3.05, 3.63) is 54.7 Å². The lowest BCUT2D eigenvalue weighted by Gasteiger charge is -2.13. The zero-order chi connectivity index (χ0) is 16.8. The second kappa shape index (κ2) is 7.72. The van der Waals surface area contributed by atoms with Gasteiger partial charge in [-0.3, -0.25) is 0 Å². The van der Waals surface area contributed by atoms with Crippen LogP contribution in [0.4, 0.5) is 17.5 Å². The monoisotopic (exact) mass is 323 g/mol. The Labute approximate surface area is 141 Å². The van der Waals surface area contributed by atoms with Crippen LogP contribution in [0.5, 0.6) is 0 Å². The number of rotatable bonds is 7. The first-order valence-corrected chi connectivity index (χ1v) is 7.82. The molecule has 124 valence electrons. The molecule has 0 spiro atoms. The quantitative estimate of drug-likeness (QED) is 0.620. The molecule has 0 aliphatic rings. The van der Waals surface area contributed by atoms with Gasteiger partial charge in [-0.15, -0.1) is 0 Å². The van der Waals surface area contributed by atoms with Crippen molar-refractivity contribution < 1.29 is 4.74 Å². The third kappa shape index (κ3) is 3.98. The van der Waals surface area contributed by atoms with Crippen LogP contribution in [0.2, 0.25) is 0 Å². The van der Waals surface area contributed by atoms with E-state index in [0.29, 0.717) is 19.1 Å². The lowest BCUT2D eigenvalue weighted by atomic mass is 10.1. The molecule has 24 heavy (non-hydrogen) atoms. The van der Waals surface area contributed by atoms with E-state index in [1.807, 2.05) is 30.3 Å². The SMILES string of the molecule is COC[C@H](N)CNc1nccc(Nc2cccc3ccccc23)n1. The van der Waals surface area contributed by atoms with Crippen molar-refractivity contribution in [3.63, 3.8) is 0 Å². The molecule has 0 saturated heterocycles. The third-order valence-corrected chi connectivity index (χ3v) is 3.61. The second-order valence-electron chi connectivity index (χ2n) is 5.51. The van der Waals surface area contributed by atoms with Crippen molar-refractivity contribution >= 4 is 28.2 Å². The summed E-state index contributed by atoms with van der Waals surface area (Å²) in [7, 11) is 1.63. The molecule has 1 atom stereocenters. The van der Waals surface area contributed by atoms with Gasteiger partial charge < -0.3 is 21.1 Å². The predicted molar refractivity (Wildman–Crippen MR) is 97.6 cm³/mol. The minimum atomic E-state index is -0.103. The van der Waals surface area contributed by atoms with Crippen LogP contribution < -0.4 is 16.4 Å². The Kier molecular flexibility index (Phi) is 5.20. The van der Waals surface area contributed by atoms with E-state index in [0.717, 1.165) is 16.9 Å². The second-order valence-corrected chi connectivity index (χ2v) is 5.51. The molecule has 0 aliphatic heterocycles. The molecule has 3 aromatic rings. The number of nitrogens with zero attached hydrogens (tertiary/aromatic N) is 2. The number of benzene rings is 2. The largest absolute Gasteiger partial charge is 0.383 e. The van der Waals surface area contributed by atoms with Crippen LogP contribution in [0.15, 0.2) is 54.7 Å². The van der Waals surface area contributed by atoms with Crippen LogP contribution in [-0.2, 0) is 4.74 Å². The number of anilines is 3. The molecule has 6 heteroatoms. The van der Waals surface area contributed by atoms with E-state index in [-0.39, 0.29) is 6.04 Å². The maximum atomic E-state index is 5.90. The Hall–Kier alpha value is -2.70. The molecule has 0 bridgehead atoms. The van der Waals surface area contributed by atoms with Crippen molar-refractivity contribution in [1.82, 2.24) is 9.97 Å². The van der Waals surface area contributed by atoms with Gasteiger partial charge in [-0.2, -0.15) is 4.98 Å². The van der Waals surface area contributed by atoms with Crippen molar-refractivity contribution in [2.45, 2.75) is 6.04 Å². The maximum Gasteiger partial charge on any atom is 0.224 e. The van der Waals surface area contributed by atoms with Gasteiger partial charge in [-0.25, -0.2) is 4.98 Å². The summed E-state index contributed by atoms with van der Waals surface area (Å²) < 4.78 is 5.02. The number of hydrogen-bond donors (Lipinski definition) is 3. The number of hydrogen-bond acceptors (Lipinski definition) is 6. The van der Waals surface area contributed by atoms with E-state index in [9.17, 15) is 0 Å². The number of nitrogens with one attached hydrogen (secondary N) is 2. The van der Waals surface area contributed by atoms with E-state index in [4.69, 9.17) is 10.5 Å². The topological polar surface area (TPSA) is 85.1 Å². The number of aromatic nitrogens is 2. The molecule has 0 fully saturated rings. The van der Waals surface area contributed by atoms with Gasteiger partial charge in [-0.1, -0.05) is 36.4 Å². The molecule has 1 heterocycles. The van der Waals surface area contributed by atoms with Crippen molar-refractivity contribution in [1.29, 1.82) is 0 Å². The van der Waals surface area contributed by atoms with Crippen LogP contribution in [0.1, 0.15) is 0 Å². The Morgan fingerprint density at radius 3 is 2.83 bits per heavy atom. The van der Waals surface area contributed by atoms with Crippen LogP contribution in [0.3, 0.4) is 0 Å². The number of methoxy groups -OCH3 is 1. The molecule has 0 unspecified atom stereocenters. The lowest BCUT2D eigenvalue weighted by Crippen LogP contribution is -2.33. The first kappa shape index (κ1) is 16.2. The van der Waals surface area contributed by atoms with Gasteiger partial charge in [0.05, 0.1) is 6.61 Å². The lowest BCUT2D eigenvalue weighted by molar-refractivity contribution is 0.183. The highest BCUT2D eigenvalue weighted by Crippen LogP contribution is 2.25.